The van der Waals surface area contributed by atoms with Crippen molar-refractivity contribution >= 4 is 15.7 Å². The maximum absolute atomic E-state index is 13.0. The first kappa shape index (κ1) is 15.5. The zero-order valence-corrected chi connectivity index (χ0v) is 13.1. The normalized spacial score (nSPS) is 11.4. The molecule has 5 heteroatoms. The summed E-state index contributed by atoms with van der Waals surface area (Å²) in [4.78, 5) is 0. The number of rotatable bonds is 4. The second-order valence-electron chi connectivity index (χ2n) is 5.12. The van der Waals surface area contributed by atoms with Crippen LogP contribution in [0.3, 0.4) is 0 Å². The summed E-state index contributed by atoms with van der Waals surface area (Å²) in [7, 11) is -3.43. The smallest absolute Gasteiger partial charge is 0.232 e. The lowest BCUT2D eigenvalue weighted by atomic mass is 10.1. The van der Waals surface area contributed by atoms with Crippen LogP contribution in [0.25, 0.3) is 0 Å². The van der Waals surface area contributed by atoms with Crippen LogP contribution >= 0.6 is 0 Å². The highest BCUT2D eigenvalue weighted by Crippen LogP contribution is 2.26. The van der Waals surface area contributed by atoms with Gasteiger partial charge >= 0.3 is 0 Å². The zero-order valence-electron chi connectivity index (χ0n) is 12.3. The minimum absolute atomic E-state index is 0.184. The van der Waals surface area contributed by atoms with Gasteiger partial charge in [-0.05, 0) is 48.7 Å². The van der Waals surface area contributed by atoms with E-state index in [4.69, 9.17) is 0 Å². The molecule has 3 nitrogen and oxygen atoms in total. The number of halogens is 1. The average Bonchev–Trinajstić information content (AvgIpc) is 2.40. The molecule has 0 bridgehead atoms. The van der Waals surface area contributed by atoms with E-state index in [-0.39, 0.29) is 12.4 Å². The maximum atomic E-state index is 13.0. The second-order valence-corrected chi connectivity index (χ2v) is 7.02. The van der Waals surface area contributed by atoms with E-state index in [1.54, 1.807) is 18.2 Å². The van der Waals surface area contributed by atoms with Crippen LogP contribution in [0.5, 0.6) is 0 Å². The van der Waals surface area contributed by atoms with E-state index >= 15 is 0 Å². The summed E-state index contributed by atoms with van der Waals surface area (Å²) in [6, 6.07) is 11.4. The third-order valence-corrected chi connectivity index (χ3v) is 4.61. The number of hydrogen-bond donors (Lipinski definition) is 0. The number of nitrogens with zero attached hydrogens (tertiary/aromatic N) is 1. The number of anilines is 1. The van der Waals surface area contributed by atoms with Gasteiger partial charge < -0.3 is 0 Å². The Morgan fingerprint density at radius 3 is 2.24 bits per heavy atom. The van der Waals surface area contributed by atoms with E-state index in [0.29, 0.717) is 5.69 Å². The van der Waals surface area contributed by atoms with Crippen LogP contribution in [-0.4, -0.2) is 14.7 Å². The summed E-state index contributed by atoms with van der Waals surface area (Å²) < 4.78 is 38.6. The molecule has 0 N–H and O–H groups in total. The Morgan fingerprint density at radius 1 is 1.05 bits per heavy atom. The standard InChI is InChI=1S/C16H18FNO2S/c1-12-5-4-6-16(13(12)2)18(21(3,19)20)11-14-7-9-15(17)10-8-14/h4-10H,11H2,1-3H3. The molecule has 0 aliphatic rings. The molecule has 0 aliphatic heterocycles. The van der Waals surface area contributed by atoms with E-state index in [1.165, 1.54) is 22.7 Å². The molecule has 0 saturated heterocycles. The van der Waals surface area contributed by atoms with Gasteiger partial charge in [-0.1, -0.05) is 24.3 Å². The van der Waals surface area contributed by atoms with Crippen LogP contribution in [0.15, 0.2) is 42.5 Å². The summed E-state index contributed by atoms with van der Waals surface area (Å²) >= 11 is 0. The number of hydrogen-bond acceptors (Lipinski definition) is 2. The molecule has 112 valence electrons. The van der Waals surface area contributed by atoms with Crippen LogP contribution in [0.4, 0.5) is 10.1 Å². The van der Waals surface area contributed by atoms with Crippen LogP contribution in [-0.2, 0) is 16.6 Å². The Morgan fingerprint density at radius 2 is 1.67 bits per heavy atom. The van der Waals surface area contributed by atoms with Crippen molar-refractivity contribution in [2.75, 3.05) is 10.6 Å². The van der Waals surface area contributed by atoms with Gasteiger partial charge in [0.05, 0.1) is 18.5 Å². The summed E-state index contributed by atoms with van der Waals surface area (Å²) in [6.07, 6.45) is 1.18. The molecule has 2 aromatic rings. The maximum Gasteiger partial charge on any atom is 0.232 e. The first-order valence-electron chi connectivity index (χ1n) is 6.57. The number of benzene rings is 2. The van der Waals surface area contributed by atoms with Crippen molar-refractivity contribution in [3.8, 4) is 0 Å². The topological polar surface area (TPSA) is 37.4 Å². The quantitative estimate of drug-likeness (QED) is 0.868. The van der Waals surface area contributed by atoms with Crippen molar-refractivity contribution in [3.05, 3.63) is 65.0 Å². The molecule has 0 heterocycles. The molecule has 2 rings (SSSR count). The van der Waals surface area contributed by atoms with Crippen LogP contribution in [0, 0.1) is 19.7 Å². The summed E-state index contributed by atoms with van der Waals surface area (Å²) in [5.74, 6) is -0.337. The van der Waals surface area contributed by atoms with E-state index < -0.39 is 10.0 Å². The third-order valence-electron chi connectivity index (χ3n) is 3.48. The Hall–Kier alpha value is -1.88. The minimum atomic E-state index is -3.43. The van der Waals surface area contributed by atoms with Gasteiger partial charge in [-0.25, -0.2) is 12.8 Å². The molecular formula is C16H18FNO2S. The molecular weight excluding hydrogens is 289 g/mol. The van der Waals surface area contributed by atoms with Crippen molar-refractivity contribution in [2.45, 2.75) is 20.4 Å². The molecule has 0 aliphatic carbocycles. The molecule has 0 aromatic heterocycles. The van der Waals surface area contributed by atoms with E-state index in [1.807, 2.05) is 26.0 Å². The SMILES string of the molecule is Cc1cccc(N(Cc2ccc(F)cc2)S(C)(=O)=O)c1C. The van der Waals surface area contributed by atoms with Gasteiger partial charge in [-0.15, -0.1) is 0 Å². The Kier molecular flexibility index (Phi) is 4.32. The first-order chi connectivity index (χ1) is 9.79. The largest absolute Gasteiger partial charge is 0.266 e. The predicted molar refractivity (Wildman–Crippen MR) is 83.3 cm³/mol. The van der Waals surface area contributed by atoms with E-state index in [0.717, 1.165) is 16.7 Å². The predicted octanol–water partition coefficient (Wildman–Crippen LogP) is 3.41. The Bertz CT molecular complexity index is 739. The van der Waals surface area contributed by atoms with Crippen molar-refractivity contribution in [2.24, 2.45) is 0 Å². The molecule has 0 atom stereocenters. The Balaban J connectivity index is 2.45. The lowest BCUT2D eigenvalue weighted by molar-refractivity contribution is 0.596. The highest BCUT2D eigenvalue weighted by atomic mass is 32.2. The highest BCUT2D eigenvalue weighted by molar-refractivity contribution is 7.92. The molecule has 0 fully saturated rings. The van der Waals surface area contributed by atoms with Gasteiger partial charge in [-0.2, -0.15) is 0 Å². The molecule has 0 amide bonds. The number of aryl methyl sites for hydroxylation is 1. The van der Waals surface area contributed by atoms with Gasteiger partial charge in [0.2, 0.25) is 10.0 Å². The van der Waals surface area contributed by atoms with Crippen molar-refractivity contribution in [1.29, 1.82) is 0 Å². The lowest BCUT2D eigenvalue weighted by Crippen LogP contribution is -2.30. The van der Waals surface area contributed by atoms with Crippen molar-refractivity contribution in [3.63, 3.8) is 0 Å². The van der Waals surface area contributed by atoms with Crippen LogP contribution in [0.2, 0.25) is 0 Å². The molecule has 0 radical (unpaired) electrons. The van der Waals surface area contributed by atoms with Gasteiger partial charge in [0.25, 0.3) is 0 Å². The monoisotopic (exact) mass is 307 g/mol. The van der Waals surface area contributed by atoms with Crippen LogP contribution < -0.4 is 4.31 Å². The van der Waals surface area contributed by atoms with Gasteiger partial charge in [0, 0.05) is 0 Å². The van der Waals surface area contributed by atoms with Crippen molar-refractivity contribution < 1.29 is 12.8 Å². The summed E-state index contributed by atoms with van der Waals surface area (Å²) in [5.41, 5.74) is 3.34. The zero-order chi connectivity index (χ0) is 15.6. The Labute approximate surface area is 125 Å². The highest BCUT2D eigenvalue weighted by Gasteiger charge is 2.20. The molecule has 0 unspecified atom stereocenters. The molecule has 0 spiro atoms. The first-order valence-corrected chi connectivity index (χ1v) is 8.42. The second kappa shape index (κ2) is 5.85. The molecule has 2 aromatic carbocycles. The third kappa shape index (κ3) is 3.61. The van der Waals surface area contributed by atoms with Crippen LogP contribution in [0.1, 0.15) is 16.7 Å². The fourth-order valence-electron chi connectivity index (χ4n) is 2.14. The average molecular weight is 307 g/mol. The summed E-state index contributed by atoms with van der Waals surface area (Å²) in [6.45, 7) is 4.02. The molecule has 21 heavy (non-hydrogen) atoms. The fourth-order valence-corrected chi connectivity index (χ4v) is 3.08. The minimum Gasteiger partial charge on any atom is -0.266 e. The number of sulfonamides is 1. The fraction of sp³-hybridized carbons (Fsp3) is 0.250. The van der Waals surface area contributed by atoms with Gasteiger partial charge in [0.15, 0.2) is 0 Å². The summed E-state index contributed by atoms with van der Waals surface area (Å²) in [5, 5.41) is 0. The van der Waals surface area contributed by atoms with Gasteiger partial charge in [0.1, 0.15) is 5.82 Å². The molecule has 0 saturated carbocycles. The lowest BCUT2D eigenvalue weighted by Gasteiger charge is -2.25. The van der Waals surface area contributed by atoms with Gasteiger partial charge in [-0.3, -0.25) is 4.31 Å². The van der Waals surface area contributed by atoms with E-state index in [9.17, 15) is 12.8 Å². The van der Waals surface area contributed by atoms with E-state index in [2.05, 4.69) is 0 Å². The van der Waals surface area contributed by atoms with Crippen molar-refractivity contribution in [1.82, 2.24) is 0 Å².